The third-order valence-corrected chi connectivity index (χ3v) is 5.75. The monoisotopic (exact) mass is 302 g/mol. The molecule has 1 heterocycles. The van der Waals surface area contributed by atoms with Gasteiger partial charge in [-0.15, -0.1) is 11.3 Å². The highest BCUT2D eigenvalue weighted by Gasteiger charge is 2.19. The highest BCUT2D eigenvalue weighted by molar-refractivity contribution is 7.18. The summed E-state index contributed by atoms with van der Waals surface area (Å²) in [5.41, 5.74) is 1.15. The van der Waals surface area contributed by atoms with E-state index >= 15 is 0 Å². The predicted octanol–water partition coefficient (Wildman–Crippen LogP) is 4.79. The van der Waals surface area contributed by atoms with Gasteiger partial charge in [0.25, 0.3) is 0 Å². The highest BCUT2D eigenvalue weighted by atomic mass is 32.1. The quantitative estimate of drug-likeness (QED) is 0.830. The summed E-state index contributed by atoms with van der Waals surface area (Å²) in [5, 5.41) is 5.01. The second-order valence-electron chi connectivity index (χ2n) is 6.29. The molecule has 0 amide bonds. The summed E-state index contributed by atoms with van der Waals surface area (Å²) in [6.07, 6.45) is 9.42. The molecule has 2 aromatic rings. The molecule has 1 aromatic carbocycles. The zero-order chi connectivity index (χ0) is 14.5. The van der Waals surface area contributed by atoms with E-state index in [1.807, 2.05) is 11.3 Å². The van der Waals surface area contributed by atoms with Crippen molar-refractivity contribution in [3.05, 3.63) is 29.3 Å². The summed E-state index contributed by atoms with van der Waals surface area (Å²) >= 11 is 1.84. The Morgan fingerprint density at radius 1 is 1.19 bits per heavy atom. The van der Waals surface area contributed by atoms with Crippen LogP contribution in [-0.4, -0.2) is 17.6 Å². The molecule has 1 N–H and O–H groups in total. The molecule has 0 radical (unpaired) electrons. The van der Waals surface area contributed by atoms with Crippen molar-refractivity contribution in [2.75, 3.05) is 6.54 Å². The molecule has 1 fully saturated rings. The third kappa shape index (κ3) is 4.04. The summed E-state index contributed by atoms with van der Waals surface area (Å²) in [7, 11) is 0. The lowest BCUT2D eigenvalue weighted by molar-refractivity contribution is 0.279. The fourth-order valence-corrected chi connectivity index (χ4v) is 4.44. The standard InChI is InChI=1S/C18H26N2S/c1-2-5-14-8-10-15(11-9-14)19-13-12-18-20-16-6-3-4-7-17(16)21-18/h3-4,6-7,14-15,19H,2,5,8-13H2,1H3. The second kappa shape index (κ2) is 7.37. The summed E-state index contributed by atoms with van der Waals surface area (Å²) in [6.45, 7) is 3.38. The molecule has 0 unspecified atom stereocenters. The molecule has 0 atom stereocenters. The van der Waals surface area contributed by atoms with E-state index in [9.17, 15) is 0 Å². The van der Waals surface area contributed by atoms with Crippen LogP contribution in [0, 0.1) is 5.92 Å². The first kappa shape index (κ1) is 15.0. The van der Waals surface area contributed by atoms with Gasteiger partial charge in [0.1, 0.15) is 0 Å². The first-order valence-electron chi connectivity index (χ1n) is 8.43. The van der Waals surface area contributed by atoms with E-state index in [-0.39, 0.29) is 0 Å². The molecule has 0 spiro atoms. The molecule has 0 aliphatic heterocycles. The Kier molecular flexibility index (Phi) is 5.26. The van der Waals surface area contributed by atoms with E-state index < -0.39 is 0 Å². The first-order valence-corrected chi connectivity index (χ1v) is 9.24. The van der Waals surface area contributed by atoms with Crippen molar-refractivity contribution >= 4 is 21.6 Å². The van der Waals surface area contributed by atoms with Crippen LogP contribution in [0.5, 0.6) is 0 Å². The Balaban J connectivity index is 1.42. The maximum absolute atomic E-state index is 4.71. The maximum atomic E-state index is 4.71. The van der Waals surface area contributed by atoms with Gasteiger partial charge in [0.05, 0.1) is 15.2 Å². The van der Waals surface area contributed by atoms with Crippen LogP contribution in [0.4, 0.5) is 0 Å². The average molecular weight is 302 g/mol. The van der Waals surface area contributed by atoms with Crippen LogP contribution in [-0.2, 0) is 6.42 Å². The summed E-state index contributed by atoms with van der Waals surface area (Å²) in [4.78, 5) is 4.71. The first-order chi connectivity index (χ1) is 10.3. The van der Waals surface area contributed by atoms with Gasteiger partial charge >= 0.3 is 0 Å². The van der Waals surface area contributed by atoms with Gasteiger partial charge in [0.15, 0.2) is 0 Å². The van der Waals surface area contributed by atoms with E-state index in [1.165, 1.54) is 48.2 Å². The van der Waals surface area contributed by atoms with E-state index in [2.05, 4.69) is 36.5 Å². The minimum Gasteiger partial charge on any atom is -0.314 e. The molecule has 1 aliphatic carbocycles. The van der Waals surface area contributed by atoms with Crippen molar-refractivity contribution in [1.29, 1.82) is 0 Å². The number of nitrogens with zero attached hydrogens (tertiary/aromatic N) is 1. The van der Waals surface area contributed by atoms with Crippen molar-refractivity contribution in [2.45, 2.75) is 57.9 Å². The zero-order valence-electron chi connectivity index (χ0n) is 13.0. The normalized spacial score (nSPS) is 22.7. The number of hydrogen-bond acceptors (Lipinski definition) is 3. The van der Waals surface area contributed by atoms with Gasteiger partial charge in [-0.2, -0.15) is 0 Å². The van der Waals surface area contributed by atoms with Gasteiger partial charge < -0.3 is 5.32 Å². The van der Waals surface area contributed by atoms with Gasteiger partial charge in [-0.3, -0.25) is 0 Å². The van der Waals surface area contributed by atoms with Crippen LogP contribution in [0.2, 0.25) is 0 Å². The Bertz CT molecular complexity index is 522. The molecule has 3 rings (SSSR count). The van der Waals surface area contributed by atoms with Crippen LogP contribution < -0.4 is 5.32 Å². The van der Waals surface area contributed by atoms with Crippen LogP contribution in [0.15, 0.2) is 24.3 Å². The largest absolute Gasteiger partial charge is 0.314 e. The SMILES string of the molecule is CCCC1CCC(NCCc2nc3ccccc3s2)CC1. The van der Waals surface area contributed by atoms with Crippen molar-refractivity contribution in [3.63, 3.8) is 0 Å². The summed E-state index contributed by atoms with van der Waals surface area (Å²) in [6, 6.07) is 9.18. The van der Waals surface area contributed by atoms with E-state index in [0.29, 0.717) is 0 Å². The molecule has 1 aromatic heterocycles. The van der Waals surface area contributed by atoms with Gasteiger partial charge in [-0.1, -0.05) is 31.9 Å². The van der Waals surface area contributed by atoms with E-state index in [4.69, 9.17) is 4.98 Å². The average Bonchev–Trinajstić information content (AvgIpc) is 2.92. The maximum Gasteiger partial charge on any atom is 0.0951 e. The van der Waals surface area contributed by atoms with Gasteiger partial charge in [0, 0.05) is 19.0 Å². The van der Waals surface area contributed by atoms with Gasteiger partial charge in [-0.25, -0.2) is 4.98 Å². The minimum atomic E-state index is 0.743. The molecule has 2 nitrogen and oxygen atoms in total. The lowest BCUT2D eigenvalue weighted by atomic mass is 9.83. The third-order valence-electron chi connectivity index (χ3n) is 4.65. The topological polar surface area (TPSA) is 24.9 Å². The number of nitrogens with one attached hydrogen (secondary N) is 1. The summed E-state index contributed by atoms with van der Waals surface area (Å²) in [5.74, 6) is 0.998. The predicted molar refractivity (Wildman–Crippen MR) is 92.0 cm³/mol. The van der Waals surface area contributed by atoms with Crippen LogP contribution in [0.3, 0.4) is 0 Å². The van der Waals surface area contributed by atoms with E-state index in [0.717, 1.165) is 30.4 Å². The number of hydrogen-bond donors (Lipinski definition) is 1. The Morgan fingerprint density at radius 3 is 2.76 bits per heavy atom. The lowest BCUT2D eigenvalue weighted by Crippen LogP contribution is -2.34. The van der Waals surface area contributed by atoms with Crippen LogP contribution >= 0.6 is 11.3 Å². The number of rotatable bonds is 6. The molecule has 21 heavy (non-hydrogen) atoms. The Hall–Kier alpha value is -0.930. The van der Waals surface area contributed by atoms with Crippen molar-refractivity contribution in [2.24, 2.45) is 5.92 Å². The number of para-hydroxylation sites is 1. The second-order valence-corrected chi connectivity index (χ2v) is 7.40. The Labute approximate surface area is 132 Å². The molecule has 114 valence electrons. The molecular formula is C18H26N2S. The number of aromatic nitrogens is 1. The highest BCUT2D eigenvalue weighted by Crippen LogP contribution is 2.27. The van der Waals surface area contributed by atoms with Crippen molar-refractivity contribution in [3.8, 4) is 0 Å². The molecule has 0 saturated heterocycles. The van der Waals surface area contributed by atoms with Gasteiger partial charge in [-0.05, 0) is 43.7 Å². The molecule has 3 heteroatoms. The minimum absolute atomic E-state index is 0.743. The van der Waals surface area contributed by atoms with Crippen LogP contribution in [0.25, 0.3) is 10.2 Å². The number of fused-ring (bicyclic) bond motifs is 1. The lowest BCUT2D eigenvalue weighted by Gasteiger charge is -2.29. The van der Waals surface area contributed by atoms with Crippen molar-refractivity contribution < 1.29 is 0 Å². The van der Waals surface area contributed by atoms with E-state index in [1.54, 1.807) is 0 Å². The van der Waals surface area contributed by atoms with Crippen LogP contribution in [0.1, 0.15) is 50.5 Å². The molecule has 1 aliphatic rings. The zero-order valence-corrected chi connectivity index (χ0v) is 13.8. The number of benzene rings is 1. The molecule has 1 saturated carbocycles. The van der Waals surface area contributed by atoms with Gasteiger partial charge in [0.2, 0.25) is 0 Å². The fraction of sp³-hybridized carbons (Fsp3) is 0.611. The number of thiazole rings is 1. The molecule has 0 bridgehead atoms. The summed E-state index contributed by atoms with van der Waals surface area (Å²) < 4.78 is 1.31. The fourth-order valence-electron chi connectivity index (χ4n) is 3.47. The molecular weight excluding hydrogens is 276 g/mol. The van der Waals surface area contributed by atoms with Crippen molar-refractivity contribution in [1.82, 2.24) is 10.3 Å². The Morgan fingerprint density at radius 2 is 2.00 bits per heavy atom. The smallest absolute Gasteiger partial charge is 0.0951 e.